The molecule has 4 rings (SSSR count). The summed E-state index contributed by atoms with van der Waals surface area (Å²) < 4.78 is 11.9. The molecule has 172 valence electrons. The number of carbonyl (C=O) groups excluding carboxylic acids is 3. The Hall–Kier alpha value is -3.13. The number of likely N-dealkylation sites (N-methyl/N-ethyl adjacent to an activating group) is 1. The van der Waals surface area contributed by atoms with Gasteiger partial charge in [-0.25, -0.2) is 9.59 Å². The number of carbonyl (C=O) groups is 3. The van der Waals surface area contributed by atoms with Crippen molar-refractivity contribution in [1.29, 1.82) is 0 Å². The van der Waals surface area contributed by atoms with Crippen molar-refractivity contribution in [3.05, 3.63) is 75.8 Å². The quantitative estimate of drug-likeness (QED) is 0.564. The van der Waals surface area contributed by atoms with Gasteiger partial charge in [0.1, 0.15) is 12.2 Å². The lowest BCUT2D eigenvalue weighted by Crippen LogP contribution is -2.55. The Morgan fingerprint density at radius 3 is 2.48 bits per heavy atom. The van der Waals surface area contributed by atoms with Crippen molar-refractivity contribution in [3.8, 4) is 0 Å². The van der Waals surface area contributed by atoms with Crippen LogP contribution in [0.5, 0.6) is 0 Å². The summed E-state index contributed by atoms with van der Waals surface area (Å²) >= 11 is 3.46. The average molecular weight is 513 g/mol. The summed E-state index contributed by atoms with van der Waals surface area (Å²) in [5.41, 5.74) is -0.374. The van der Waals surface area contributed by atoms with Crippen molar-refractivity contribution in [3.63, 3.8) is 0 Å². The van der Waals surface area contributed by atoms with Gasteiger partial charge in [0, 0.05) is 29.3 Å². The lowest BCUT2D eigenvalue weighted by Gasteiger charge is -2.36. The van der Waals surface area contributed by atoms with Crippen LogP contribution in [0.15, 0.2) is 64.7 Å². The van der Waals surface area contributed by atoms with Crippen LogP contribution < -0.4 is 4.90 Å². The first-order chi connectivity index (χ1) is 15.6. The zero-order valence-corrected chi connectivity index (χ0v) is 20.5. The van der Waals surface area contributed by atoms with E-state index < -0.39 is 29.1 Å². The van der Waals surface area contributed by atoms with E-state index in [4.69, 9.17) is 9.47 Å². The molecular formula is C25H25BrN2O5. The van der Waals surface area contributed by atoms with E-state index >= 15 is 0 Å². The van der Waals surface area contributed by atoms with E-state index in [0.29, 0.717) is 11.3 Å². The highest BCUT2D eigenvalue weighted by Gasteiger charge is 2.63. The summed E-state index contributed by atoms with van der Waals surface area (Å²) in [4.78, 5) is 43.1. The van der Waals surface area contributed by atoms with Crippen LogP contribution in [0.25, 0.3) is 0 Å². The van der Waals surface area contributed by atoms with Gasteiger partial charge in [-0.05, 0) is 44.5 Å². The number of amides is 2. The lowest BCUT2D eigenvalue weighted by atomic mass is 9.84. The summed E-state index contributed by atoms with van der Waals surface area (Å²) in [5.74, 6) is -1.07. The number of halogens is 1. The van der Waals surface area contributed by atoms with Gasteiger partial charge in [-0.2, -0.15) is 0 Å². The van der Waals surface area contributed by atoms with E-state index in [9.17, 15) is 14.4 Å². The van der Waals surface area contributed by atoms with Gasteiger partial charge in [0.2, 0.25) is 0 Å². The van der Waals surface area contributed by atoms with E-state index in [1.807, 2.05) is 36.4 Å². The Bertz CT molecular complexity index is 1160. The van der Waals surface area contributed by atoms with Crippen molar-refractivity contribution in [2.75, 3.05) is 18.5 Å². The number of benzene rings is 2. The first-order valence-electron chi connectivity index (χ1n) is 10.6. The normalized spacial score (nSPS) is 19.5. The number of nitrogens with zero attached hydrogens (tertiary/aromatic N) is 2. The molecule has 7 nitrogen and oxygen atoms in total. The van der Waals surface area contributed by atoms with Crippen LogP contribution in [0.4, 0.5) is 10.5 Å². The maximum absolute atomic E-state index is 13.8. The molecule has 0 aromatic heterocycles. The molecule has 0 bridgehead atoms. The Kier molecular flexibility index (Phi) is 5.82. The molecule has 1 spiro atoms. The fourth-order valence-corrected chi connectivity index (χ4v) is 4.61. The summed E-state index contributed by atoms with van der Waals surface area (Å²) in [6.45, 7) is 5.35. The van der Waals surface area contributed by atoms with Gasteiger partial charge in [0.05, 0.1) is 5.57 Å². The van der Waals surface area contributed by atoms with E-state index in [1.54, 1.807) is 46.0 Å². The number of rotatable bonds is 3. The third-order valence-corrected chi connectivity index (χ3v) is 6.14. The van der Waals surface area contributed by atoms with Crippen molar-refractivity contribution in [2.45, 2.75) is 38.5 Å². The minimum Gasteiger partial charge on any atom is -0.457 e. The zero-order valence-electron chi connectivity index (χ0n) is 18.9. The molecule has 2 aromatic carbocycles. The Balaban J connectivity index is 1.78. The molecular weight excluding hydrogens is 488 g/mol. The van der Waals surface area contributed by atoms with Crippen LogP contribution in [0.1, 0.15) is 31.9 Å². The SMILES string of the molecule is CN1C(=O)[C@]2(C(C(=O)OCc3ccccc3)=CCN2C(=O)OC(C)(C)C)c2cc(Br)ccc21. The number of fused-ring (bicyclic) bond motifs is 2. The number of anilines is 1. The number of hydrogen-bond acceptors (Lipinski definition) is 5. The van der Waals surface area contributed by atoms with Crippen molar-refractivity contribution in [1.82, 2.24) is 4.90 Å². The van der Waals surface area contributed by atoms with Gasteiger partial charge in [-0.1, -0.05) is 52.3 Å². The number of hydrogen-bond donors (Lipinski definition) is 0. The van der Waals surface area contributed by atoms with Crippen LogP contribution in [0.2, 0.25) is 0 Å². The summed E-state index contributed by atoms with van der Waals surface area (Å²) in [5, 5.41) is 0. The highest BCUT2D eigenvalue weighted by Crippen LogP contribution is 2.51. The molecule has 2 amide bonds. The fourth-order valence-electron chi connectivity index (χ4n) is 4.25. The minimum absolute atomic E-state index is 0.0379. The molecule has 2 aromatic rings. The largest absolute Gasteiger partial charge is 0.457 e. The molecule has 0 saturated carbocycles. The first-order valence-corrected chi connectivity index (χ1v) is 11.4. The second-order valence-corrected chi connectivity index (χ2v) is 9.92. The van der Waals surface area contributed by atoms with Crippen LogP contribution >= 0.6 is 15.9 Å². The molecule has 2 heterocycles. The standard InChI is InChI=1S/C25H25BrN2O5/c1-24(2,3)33-23(31)28-13-12-18(21(29)32-15-16-8-6-5-7-9-16)25(28)19-14-17(26)10-11-20(19)27(4)22(25)30/h5-12,14H,13,15H2,1-4H3/t25-/m0/s1. The van der Waals surface area contributed by atoms with Gasteiger partial charge in [-0.3, -0.25) is 9.69 Å². The summed E-state index contributed by atoms with van der Waals surface area (Å²) in [6.07, 6.45) is 0.901. The molecule has 0 aliphatic carbocycles. The third-order valence-electron chi connectivity index (χ3n) is 5.64. The highest BCUT2D eigenvalue weighted by molar-refractivity contribution is 9.10. The maximum atomic E-state index is 13.8. The second-order valence-electron chi connectivity index (χ2n) is 9.01. The van der Waals surface area contributed by atoms with Crippen molar-refractivity contribution < 1.29 is 23.9 Å². The predicted octanol–water partition coefficient (Wildman–Crippen LogP) is 4.54. The average Bonchev–Trinajstić information content (AvgIpc) is 3.25. The molecule has 8 heteroatoms. The van der Waals surface area contributed by atoms with Crippen LogP contribution in [-0.2, 0) is 31.2 Å². The molecule has 0 unspecified atom stereocenters. The number of ether oxygens (including phenoxy) is 2. The maximum Gasteiger partial charge on any atom is 0.412 e. The van der Waals surface area contributed by atoms with E-state index in [1.165, 1.54) is 9.80 Å². The monoisotopic (exact) mass is 512 g/mol. The van der Waals surface area contributed by atoms with Gasteiger partial charge >= 0.3 is 12.1 Å². The lowest BCUT2D eigenvalue weighted by molar-refractivity contribution is -0.143. The number of esters is 1. The Labute approximate surface area is 201 Å². The van der Waals surface area contributed by atoms with Crippen LogP contribution in [0, 0.1) is 0 Å². The fraction of sp³-hybridized carbons (Fsp3) is 0.320. The van der Waals surface area contributed by atoms with Gasteiger partial charge < -0.3 is 14.4 Å². The molecule has 1 atom stereocenters. The van der Waals surface area contributed by atoms with Crippen molar-refractivity contribution in [2.24, 2.45) is 0 Å². The summed E-state index contributed by atoms with van der Waals surface area (Å²) in [7, 11) is 1.63. The van der Waals surface area contributed by atoms with Gasteiger partial charge in [0.25, 0.3) is 5.91 Å². The molecule has 0 N–H and O–H groups in total. The predicted molar refractivity (Wildman–Crippen MR) is 126 cm³/mol. The van der Waals surface area contributed by atoms with Crippen LogP contribution in [-0.4, -0.2) is 42.1 Å². The molecule has 2 aliphatic heterocycles. The van der Waals surface area contributed by atoms with Crippen molar-refractivity contribution >= 4 is 39.6 Å². The topological polar surface area (TPSA) is 76.2 Å². The second kappa shape index (κ2) is 8.33. The molecule has 0 fully saturated rings. The zero-order chi connectivity index (χ0) is 24.0. The Morgan fingerprint density at radius 2 is 1.82 bits per heavy atom. The molecule has 0 radical (unpaired) electrons. The molecule has 33 heavy (non-hydrogen) atoms. The minimum atomic E-state index is -1.66. The van der Waals surface area contributed by atoms with E-state index in [-0.39, 0.29) is 18.7 Å². The third kappa shape index (κ3) is 3.93. The highest BCUT2D eigenvalue weighted by atomic mass is 79.9. The Morgan fingerprint density at radius 1 is 1.12 bits per heavy atom. The van der Waals surface area contributed by atoms with Gasteiger partial charge in [0.15, 0.2) is 5.54 Å². The van der Waals surface area contributed by atoms with Gasteiger partial charge in [-0.15, -0.1) is 0 Å². The smallest absolute Gasteiger partial charge is 0.412 e. The summed E-state index contributed by atoms with van der Waals surface area (Å²) in [6, 6.07) is 14.6. The van der Waals surface area contributed by atoms with E-state index in [0.717, 1.165) is 10.0 Å². The molecule has 0 saturated heterocycles. The first kappa shape index (κ1) is 23.0. The van der Waals surface area contributed by atoms with E-state index in [2.05, 4.69) is 15.9 Å². The van der Waals surface area contributed by atoms with Crippen LogP contribution in [0.3, 0.4) is 0 Å². The molecule has 2 aliphatic rings.